The number of fused-ring (bicyclic) bond motifs is 1. The number of rotatable bonds is 4. The molecule has 1 aromatic carbocycles. The second-order valence-corrected chi connectivity index (χ2v) is 7.36. The molecule has 0 aliphatic heterocycles. The van der Waals surface area contributed by atoms with Crippen molar-refractivity contribution in [2.24, 2.45) is 0 Å². The summed E-state index contributed by atoms with van der Waals surface area (Å²) in [6, 6.07) is 6.22. The third-order valence-electron chi connectivity index (χ3n) is 3.52. The molecule has 1 aliphatic carbocycles. The van der Waals surface area contributed by atoms with Gasteiger partial charge in [0.1, 0.15) is 5.01 Å². The quantitative estimate of drug-likeness (QED) is 0.572. The summed E-state index contributed by atoms with van der Waals surface area (Å²) >= 11 is 2.69. The zero-order chi connectivity index (χ0) is 16.0. The third-order valence-corrected chi connectivity index (χ3v) is 5.64. The van der Waals surface area contributed by atoms with Crippen molar-refractivity contribution in [1.29, 1.82) is 0 Å². The largest absolute Gasteiger partial charge is 0.296 e. The smallest absolute Gasteiger partial charge is 0.270 e. The second kappa shape index (κ2) is 5.36. The zero-order valence-corrected chi connectivity index (χ0v) is 13.3. The van der Waals surface area contributed by atoms with Crippen molar-refractivity contribution < 1.29 is 9.72 Å². The lowest BCUT2D eigenvalue weighted by Crippen LogP contribution is -2.09. The molecule has 1 N–H and O–H groups in total. The maximum absolute atomic E-state index is 12.3. The Morgan fingerprint density at radius 2 is 2.09 bits per heavy atom. The van der Waals surface area contributed by atoms with E-state index in [0.29, 0.717) is 21.3 Å². The zero-order valence-electron chi connectivity index (χ0n) is 11.7. The van der Waals surface area contributed by atoms with Crippen molar-refractivity contribution in [3.63, 3.8) is 0 Å². The summed E-state index contributed by atoms with van der Waals surface area (Å²) in [5, 5.41) is 23.8. The van der Waals surface area contributed by atoms with Gasteiger partial charge in [-0.1, -0.05) is 11.3 Å². The van der Waals surface area contributed by atoms with E-state index < -0.39 is 4.92 Å². The molecule has 1 amide bonds. The average Bonchev–Trinajstić information content (AvgIpc) is 3.12. The maximum atomic E-state index is 12.3. The lowest BCUT2D eigenvalue weighted by atomic mass is 10.2. The van der Waals surface area contributed by atoms with Gasteiger partial charge in [-0.25, -0.2) is 0 Å². The fourth-order valence-corrected chi connectivity index (χ4v) is 4.04. The van der Waals surface area contributed by atoms with E-state index in [1.165, 1.54) is 34.8 Å². The minimum Gasteiger partial charge on any atom is -0.296 e. The number of nitrogens with zero attached hydrogens (tertiary/aromatic N) is 3. The number of aromatic nitrogens is 2. The standard InChI is InChI=1S/C14H10N4O3S2/c19-12(15-14-17-16-13(23-14)7-1-2-7)11-6-8-5-9(18(20)21)3-4-10(8)22-11/h3-7H,1-2H2,(H,15,17,19). The predicted octanol–water partition coefficient (Wildman–Crippen LogP) is 3.79. The van der Waals surface area contributed by atoms with Crippen LogP contribution in [0.1, 0.15) is 33.4 Å². The van der Waals surface area contributed by atoms with E-state index in [4.69, 9.17) is 0 Å². The van der Waals surface area contributed by atoms with Crippen LogP contribution in [0.4, 0.5) is 10.8 Å². The Labute approximate surface area is 138 Å². The fraction of sp³-hybridized carbons (Fsp3) is 0.214. The number of carbonyl (C=O) groups excluding carboxylic acids is 1. The fourth-order valence-electron chi connectivity index (χ4n) is 2.20. The van der Waals surface area contributed by atoms with Gasteiger partial charge in [-0.2, -0.15) is 0 Å². The van der Waals surface area contributed by atoms with Crippen molar-refractivity contribution in [3.8, 4) is 0 Å². The number of amides is 1. The van der Waals surface area contributed by atoms with Gasteiger partial charge in [-0.05, 0) is 25.0 Å². The first kappa shape index (κ1) is 14.2. The SMILES string of the molecule is O=C(Nc1nnc(C2CC2)s1)c1cc2cc([N+](=O)[O-])ccc2s1. The first-order valence-electron chi connectivity index (χ1n) is 6.93. The number of non-ortho nitro benzene ring substituents is 1. The highest BCUT2D eigenvalue weighted by molar-refractivity contribution is 7.21. The minimum atomic E-state index is -0.447. The number of thiophene rings is 1. The van der Waals surface area contributed by atoms with E-state index in [1.54, 1.807) is 12.1 Å². The highest BCUT2D eigenvalue weighted by Gasteiger charge is 2.27. The van der Waals surface area contributed by atoms with Gasteiger partial charge < -0.3 is 0 Å². The lowest BCUT2D eigenvalue weighted by Gasteiger charge is -1.96. The Kier molecular flexibility index (Phi) is 3.31. The number of hydrogen-bond acceptors (Lipinski definition) is 7. The van der Waals surface area contributed by atoms with E-state index in [2.05, 4.69) is 15.5 Å². The van der Waals surface area contributed by atoms with Crippen LogP contribution in [0.15, 0.2) is 24.3 Å². The topological polar surface area (TPSA) is 98.0 Å². The van der Waals surface area contributed by atoms with Crippen molar-refractivity contribution in [2.75, 3.05) is 5.32 Å². The monoisotopic (exact) mass is 346 g/mol. The molecule has 0 radical (unpaired) electrons. The molecule has 3 aromatic rings. The third kappa shape index (κ3) is 2.80. The van der Waals surface area contributed by atoms with E-state index in [0.717, 1.165) is 22.5 Å². The van der Waals surface area contributed by atoms with Gasteiger partial charge in [-0.15, -0.1) is 21.5 Å². The molecule has 2 aromatic heterocycles. The lowest BCUT2D eigenvalue weighted by molar-refractivity contribution is -0.384. The maximum Gasteiger partial charge on any atom is 0.270 e. The molecule has 1 aliphatic rings. The van der Waals surface area contributed by atoms with Crippen molar-refractivity contribution in [3.05, 3.63) is 44.3 Å². The van der Waals surface area contributed by atoms with Crippen LogP contribution in [-0.2, 0) is 0 Å². The number of nitrogens with one attached hydrogen (secondary N) is 1. The summed E-state index contributed by atoms with van der Waals surface area (Å²) in [5.74, 6) is 0.232. The van der Waals surface area contributed by atoms with Crippen molar-refractivity contribution in [2.45, 2.75) is 18.8 Å². The van der Waals surface area contributed by atoms with Crippen LogP contribution in [-0.4, -0.2) is 21.0 Å². The molecular weight excluding hydrogens is 336 g/mol. The number of nitro groups is 1. The first-order valence-corrected chi connectivity index (χ1v) is 8.56. The van der Waals surface area contributed by atoms with Crippen LogP contribution in [0.25, 0.3) is 10.1 Å². The van der Waals surface area contributed by atoms with E-state index in [-0.39, 0.29) is 11.6 Å². The molecule has 4 rings (SSSR count). The normalized spacial score (nSPS) is 14.1. The van der Waals surface area contributed by atoms with Gasteiger partial charge in [0, 0.05) is 28.1 Å². The number of hydrogen-bond donors (Lipinski definition) is 1. The molecule has 0 unspecified atom stereocenters. The molecular formula is C14H10N4O3S2. The number of carbonyl (C=O) groups is 1. The van der Waals surface area contributed by atoms with Gasteiger partial charge in [0.2, 0.25) is 5.13 Å². The van der Waals surface area contributed by atoms with Gasteiger partial charge in [0.15, 0.2) is 0 Å². The Bertz CT molecular complexity index is 929. The van der Waals surface area contributed by atoms with Gasteiger partial charge in [0.25, 0.3) is 11.6 Å². The predicted molar refractivity (Wildman–Crippen MR) is 88.3 cm³/mol. The summed E-state index contributed by atoms with van der Waals surface area (Å²) < 4.78 is 0.830. The van der Waals surface area contributed by atoms with Crippen LogP contribution in [0.2, 0.25) is 0 Å². The van der Waals surface area contributed by atoms with Crippen LogP contribution in [0.5, 0.6) is 0 Å². The van der Waals surface area contributed by atoms with E-state index in [9.17, 15) is 14.9 Å². The summed E-state index contributed by atoms with van der Waals surface area (Å²) in [6.45, 7) is 0. The Hall–Kier alpha value is -2.39. The molecule has 1 fully saturated rings. The summed E-state index contributed by atoms with van der Waals surface area (Å²) in [4.78, 5) is 23.1. The second-order valence-electron chi connectivity index (χ2n) is 5.26. The number of nitro benzene ring substituents is 1. The van der Waals surface area contributed by atoms with Crippen LogP contribution >= 0.6 is 22.7 Å². The molecule has 7 nitrogen and oxygen atoms in total. The Balaban J connectivity index is 1.57. The number of anilines is 1. The summed E-state index contributed by atoms with van der Waals surface area (Å²) in [7, 11) is 0. The van der Waals surface area contributed by atoms with Crippen LogP contribution < -0.4 is 5.32 Å². The minimum absolute atomic E-state index is 0.0143. The number of benzene rings is 1. The molecule has 116 valence electrons. The highest BCUT2D eigenvalue weighted by Crippen LogP contribution is 2.42. The summed E-state index contributed by atoms with van der Waals surface area (Å²) in [5.41, 5.74) is 0.0143. The molecule has 0 saturated heterocycles. The van der Waals surface area contributed by atoms with E-state index >= 15 is 0 Å². The van der Waals surface area contributed by atoms with Gasteiger partial charge in [0.05, 0.1) is 9.80 Å². The Morgan fingerprint density at radius 1 is 1.26 bits per heavy atom. The molecule has 0 atom stereocenters. The van der Waals surface area contributed by atoms with E-state index in [1.807, 2.05) is 0 Å². The highest BCUT2D eigenvalue weighted by atomic mass is 32.1. The molecule has 1 saturated carbocycles. The first-order chi connectivity index (χ1) is 11.1. The Morgan fingerprint density at radius 3 is 2.83 bits per heavy atom. The van der Waals surface area contributed by atoms with Crippen LogP contribution in [0.3, 0.4) is 0 Å². The van der Waals surface area contributed by atoms with Gasteiger partial charge >= 0.3 is 0 Å². The molecule has 0 spiro atoms. The van der Waals surface area contributed by atoms with Gasteiger partial charge in [-0.3, -0.25) is 20.2 Å². The molecule has 9 heteroatoms. The molecule has 2 heterocycles. The summed E-state index contributed by atoms with van der Waals surface area (Å²) in [6.07, 6.45) is 2.27. The van der Waals surface area contributed by atoms with Crippen LogP contribution in [0, 0.1) is 10.1 Å². The molecule has 23 heavy (non-hydrogen) atoms. The van der Waals surface area contributed by atoms with Crippen molar-refractivity contribution >= 4 is 49.5 Å². The van der Waals surface area contributed by atoms with Crippen molar-refractivity contribution in [1.82, 2.24) is 10.2 Å². The average molecular weight is 346 g/mol. The molecule has 0 bridgehead atoms.